The number of hydrogen-bond donors (Lipinski definition) is 0. The van der Waals surface area contributed by atoms with Crippen molar-refractivity contribution in [1.82, 2.24) is 0 Å². The van der Waals surface area contributed by atoms with Gasteiger partial charge in [0.05, 0.1) is 25.3 Å². The lowest BCUT2D eigenvalue weighted by Crippen LogP contribution is -2.12. The van der Waals surface area contributed by atoms with Gasteiger partial charge >= 0.3 is 5.97 Å². The number of rotatable bonds is 5. The van der Waals surface area contributed by atoms with Gasteiger partial charge in [-0.15, -0.1) is 0 Å². The highest BCUT2D eigenvalue weighted by Crippen LogP contribution is 2.45. The molecule has 124 valence electrons. The third-order valence-electron chi connectivity index (χ3n) is 4.16. The number of halogens is 1. The fourth-order valence-electron chi connectivity index (χ4n) is 2.74. The summed E-state index contributed by atoms with van der Waals surface area (Å²) in [5, 5.41) is 0. The standard InChI is InChI=1S/C19H17BrO4/c1-23-17-10-14(11-7-8-11)16(20)9-15(17)18(21)12-5-3-4-6-13(12)19(22)24-2/h3-6,9-11H,7-8H2,1-2H3. The summed E-state index contributed by atoms with van der Waals surface area (Å²) in [5.74, 6) is 0.243. The molecule has 0 atom stereocenters. The second-order valence-electron chi connectivity index (χ2n) is 5.71. The number of ketones is 1. The number of carbonyl (C=O) groups is 2. The topological polar surface area (TPSA) is 52.6 Å². The van der Waals surface area contributed by atoms with Crippen LogP contribution in [0.4, 0.5) is 0 Å². The zero-order chi connectivity index (χ0) is 17.3. The molecule has 1 saturated carbocycles. The summed E-state index contributed by atoms with van der Waals surface area (Å²) < 4.78 is 11.1. The smallest absolute Gasteiger partial charge is 0.338 e. The Bertz CT molecular complexity index is 809. The Hall–Kier alpha value is -2.14. The maximum atomic E-state index is 13.0. The second kappa shape index (κ2) is 6.77. The molecular weight excluding hydrogens is 372 g/mol. The first-order valence-electron chi connectivity index (χ1n) is 7.66. The van der Waals surface area contributed by atoms with Crippen LogP contribution in [0.5, 0.6) is 5.75 Å². The van der Waals surface area contributed by atoms with Crippen LogP contribution >= 0.6 is 15.9 Å². The van der Waals surface area contributed by atoms with Gasteiger partial charge in [0, 0.05) is 10.0 Å². The summed E-state index contributed by atoms with van der Waals surface area (Å²) in [5.41, 5.74) is 2.12. The highest BCUT2D eigenvalue weighted by atomic mass is 79.9. The molecule has 0 N–H and O–H groups in total. The van der Waals surface area contributed by atoms with Gasteiger partial charge in [-0.1, -0.05) is 34.1 Å². The zero-order valence-corrected chi connectivity index (χ0v) is 15.1. The molecule has 4 nitrogen and oxygen atoms in total. The average Bonchev–Trinajstić information content (AvgIpc) is 3.45. The molecule has 0 radical (unpaired) electrons. The maximum Gasteiger partial charge on any atom is 0.338 e. The summed E-state index contributed by atoms with van der Waals surface area (Å²) in [6, 6.07) is 10.3. The number of ether oxygens (including phenoxy) is 2. The number of hydrogen-bond acceptors (Lipinski definition) is 4. The van der Waals surface area contributed by atoms with Crippen LogP contribution in [-0.4, -0.2) is 26.0 Å². The van der Waals surface area contributed by atoms with Crippen molar-refractivity contribution in [2.45, 2.75) is 18.8 Å². The lowest BCUT2D eigenvalue weighted by molar-refractivity contribution is 0.0597. The lowest BCUT2D eigenvalue weighted by Gasteiger charge is -2.13. The van der Waals surface area contributed by atoms with Crippen LogP contribution < -0.4 is 4.74 Å². The molecule has 0 aliphatic heterocycles. The van der Waals surface area contributed by atoms with Gasteiger partial charge in [-0.05, 0) is 42.5 Å². The van der Waals surface area contributed by atoms with Crippen molar-refractivity contribution in [2.75, 3.05) is 14.2 Å². The van der Waals surface area contributed by atoms with Crippen molar-refractivity contribution in [2.24, 2.45) is 0 Å². The largest absolute Gasteiger partial charge is 0.496 e. The lowest BCUT2D eigenvalue weighted by atomic mass is 9.96. The van der Waals surface area contributed by atoms with Gasteiger partial charge in [0.25, 0.3) is 0 Å². The Kier molecular flexibility index (Phi) is 4.71. The summed E-state index contributed by atoms with van der Waals surface area (Å²) >= 11 is 3.55. The molecule has 2 aromatic carbocycles. The molecule has 1 fully saturated rings. The predicted octanol–water partition coefficient (Wildman–Crippen LogP) is 4.35. The van der Waals surface area contributed by atoms with Crippen molar-refractivity contribution in [1.29, 1.82) is 0 Å². The number of esters is 1. The molecule has 0 bridgehead atoms. The molecule has 0 aromatic heterocycles. The van der Waals surface area contributed by atoms with Crippen LogP contribution in [0.15, 0.2) is 40.9 Å². The molecule has 0 unspecified atom stereocenters. The van der Waals surface area contributed by atoms with E-state index in [0.717, 1.165) is 22.9 Å². The molecule has 1 aliphatic carbocycles. The molecular formula is C19H17BrO4. The van der Waals surface area contributed by atoms with Crippen LogP contribution in [0.3, 0.4) is 0 Å². The molecule has 5 heteroatoms. The number of methoxy groups -OCH3 is 2. The Morgan fingerprint density at radius 3 is 2.29 bits per heavy atom. The highest BCUT2D eigenvalue weighted by Gasteiger charge is 2.29. The highest BCUT2D eigenvalue weighted by molar-refractivity contribution is 9.10. The predicted molar refractivity (Wildman–Crippen MR) is 93.9 cm³/mol. The van der Waals surface area contributed by atoms with E-state index in [9.17, 15) is 9.59 Å². The Morgan fingerprint density at radius 1 is 1.04 bits per heavy atom. The fourth-order valence-corrected chi connectivity index (χ4v) is 3.40. The summed E-state index contributed by atoms with van der Waals surface area (Å²) in [6.45, 7) is 0. The monoisotopic (exact) mass is 388 g/mol. The summed E-state index contributed by atoms with van der Waals surface area (Å²) in [7, 11) is 2.84. The van der Waals surface area contributed by atoms with Gasteiger partial charge in [-0.3, -0.25) is 4.79 Å². The van der Waals surface area contributed by atoms with Crippen molar-refractivity contribution < 1.29 is 19.1 Å². The van der Waals surface area contributed by atoms with E-state index in [-0.39, 0.29) is 11.3 Å². The molecule has 3 rings (SSSR count). The van der Waals surface area contributed by atoms with E-state index in [1.54, 1.807) is 37.4 Å². The quantitative estimate of drug-likeness (QED) is 0.564. The summed E-state index contributed by atoms with van der Waals surface area (Å²) in [6.07, 6.45) is 2.31. The molecule has 24 heavy (non-hydrogen) atoms. The molecule has 0 spiro atoms. The number of benzene rings is 2. The SMILES string of the molecule is COC(=O)c1ccccc1C(=O)c1cc(Br)c(C2CC2)cc1OC. The van der Waals surface area contributed by atoms with E-state index in [4.69, 9.17) is 9.47 Å². The first kappa shape index (κ1) is 16.7. The van der Waals surface area contributed by atoms with Crippen molar-refractivity contribution in [3.63, 3.8) is 0 Å². The Labute approximate surface area is 148 Å². The van der Waals surface area contributed by atoms with Gasteiger partial charge in [-0.25, -0.2) is 4.79 Å². The summed E-state index contributed by atoms with van der Waals surface area (Å²) in [4.78, 5) is 24.9. The average molecular weight is 389 g/mol. The first-order chi connectivity index (χ1) is 11.6. The Balaban J connectivity index is 2.08. The fraction of sp³-hybridized carbons (Fsp3) is 0.263. The van der Waals surface area contributed by atoms with Crippen LogP contribution in [0.25, 0.3) is 0 Å². The van der Waals surface area contributed by atoms with E-state index in [0.29, 0.717) is 22.8 Å². The molecule has 1 aliphatic rings. The second-order valence-corrected chi connectivity index (χ2v) is 6.57. The van der Waals surface area contributed by atoms with Gasteiger partial charge in [0.2, 0.25) is 0 Å². The molecule has 0 saturated heterocycles. The van der Waals surface area contributed by atoms with Crippen LogP contribution in [0, 0.1) is 0 Å². The van der Waals surface area contributed by atoms with Crippen LogP contribution in [-0.2, 0) is 4.74 Å². The third kappa shape index (κ3) is 3.08. The maximum absolute atomic E-state index is 13.0. The van der Waals surface area contributed by atoms with Gasteiger partial charge in [0.15, 0.2) is 5.78 Å². The minimum Gasteiger partial charge on any atom is -0.496 e. The van der Waals surface area contributed by atoms with Gasteiger partial charge in [-0.2, -0.15) is 0 Å². The van der Waals surface area contributed by atoms with Gasteiger partial charge in [0.1, 0.15) is 5.75 Å². The third-order valence-corrected chi connectivity index (χ3v) is 4.84. The van der Waals surface area contributed by atoms with Crippen molar-refractivity contribution in [3.8, 4) is 5.75 Å². The minimum atomic E-state index is -0.536. The van der Waals surface area contributed by atoms with Crippen molar-refractivity contribution >= 4 is 27.7 Å². The van der Waals surface area contributed by atoms with E-state index < -0.39 is 5.97 Å². The molecule has 0 heterocycles. The van der Waals surface area contributed by atoms with E-state index in [2.05, 4.69) is 15.9 Å². The van der Waals surface area contributed by atoms with E-state index in [1.807, 2.05) is 6.07 Å². The number of carbonyl (C=O) groups excluding carboxylic acids is 2. The van der Waals surface area contributed by atoms with E-state index >= 15 is 0 Å². The van der Waals surface area contributed by atoms with Gasteiger partial charge < -0.3 is 9.47 Å². The van der Waals surface area contributed by atoms with E-state index in [1.165, 1.54) is 7.11 Å². The molecule has 2 aromatic rings. The van der Waals surface area contributed by atoms with Crippen molar-refractivity contribution in [3.05, 3.63) is 63.1 Å². The first-order valence-corrected chi connectivity index (χ1v) is 8.45. The zero-order valence-electron chi connectivity index (χ0n) is 13.5. The minimum absolute atomic E-state index is 0.245. The Morgan fingerprint density at radius 2 is 1.71 bits per heavy atom. The molecule has 0 amide bonds. The van der Waals surface area contributed by atoms with Crippen LogP contribution in [0.2, 0.25) is 0 Å². The van der Waals surface area contributed by atoms with Crippen LogP contribution in [0.1, 0.15) is 50.6 Å². The normalized spacial score (nSPS) is 13.5.